The predicted octanol–water partition coefficient (Wildman–Crippen LogP) is 2.83. The number of carbonyl (C=O) groups is 1. The minimum absolute atomic E-state index is 0.118. The Balaban J connectivity index is 1.53. The Hall–Kier alpha value is -3.25. The number of nitrogens with zero attached hydrogens (tertiary/aromatic N) is 1. The number of methoxy groups -OCH3 is 2. The molecule has 1 aromatic heterocycles. The first-order valence-electron chi connectivity index (χ1n) is 10.4. The van der Waals surface area contributed by atoms with Gasteiger partial charge in [0, 0.05) is 19.2 Å². The van der Waals surface area contributed by atoms with E-state index in [0.717, 1.165) is 24.4 Å². The molecule has 0 saturated heterocycles. The lowest BCUT2D eigenvalue weighted by Gasteiger charge is -2.16. The molecule has 6 nitrogen and oxygen atoms in total. The maximum absolute atomic E-state index is 12.8. The molecule has 0 fully saturated rings. The van der Waals surface area contributed by atoms with Crippen LogP contribution in [-0.4, -0.2) is 45.7 Å². The van der Waals surface area contributed by atoms with Crippen molar-refractivity contribution in [1.29, 1.82) is 0 Å². The van der Waals surface area contributed by atoms with Gasteiger partial charge in [0.2, 0.25) is 0 Å². The lowest BCUT2D eigenvalue weighted by atomic mass is 10.1. The van der Waals surface area contributed by atoms with Gasteiger partial charge in [-0.05, 0) is 36.2 Å². The van der Waals surface area contributed by atoms with Gasteiger partial charge in [-0.3, -0.25) is 4.79 Å². The van der Waals surface area contributed by atoms with Crippen LogP contribution in [0.3, 0.4) is 0 Å². The number of hydrogen-bond acceptors (Lipinski definition) is 4. The van der Waals surface area contributed by atoms with Crippen LogP contribution in [0.1, 0.15) is 27.4 Å². The van der Waals surface area contributed by atoms with Crippen molar-refractivity contribution in [2.45, 2.75) is 19.5 Å². The predicted molar refractivity (Wildman–Crippen MR) is 120 cm³/mol. The zero-order chi connectivity index (χ0) is 22.2. The minimum Gasteiger partial charge on any atom is -0.493 e. The zero-order valence-electron chi connectivity index (χ0n) is 18.7. The van der Waals surface area contributed by atoms with Crippen molar-refractivity contribution in [3.8, 4) is 11.5 Å². The maximum Gasteiger partial charge on any atom is 0.289 e. The molecule has 0 aliphatic heterocycles. The molecule has 1 heterocycles. The first-order valence-corrected chi connectivity index (χ1v) is 10.4. The van der Waals surface area contributed by atoms with Crippen molar-refractivity contribution in [2.75, 3.05) is 34.9 Å². The zero-order valence-corrected chi connectivity index (χ0v) is 18.7. The topological polar surface area (TPSA) is 56.3 Å². The Kier molecular flexibility index (Phi) is 7.73. The number of benzene rings is 2. The first-order chi connectivity index (χ1) is 15.0. The number of quaternary nitrogens is 1. The van der Waals surface area contributed by atoms with Crippen molar-refractivity contribution in [1.82, 2.24) is 4.90 Å². The second-order valence-corrected chi connectivity index (χ2v) is 7.73. The van der Waals surface area contributed by atoms with Gasteiger partial charge in [0.1, 0.15) is 13.1 Å². The fourth-order valence-electron chi connectivity index (χ4n) is 3.51. The van der Waals surface area contributed by atoms with E-state index in [0.29, 0.717) is 30.2 Å². The third-order valence-electron chi connectivity index (χ3n) is 5.23. The van der Waals surface area contributed by atoms with Crippen LogP contribution in [0.5, 0.6) is 11.5 Å². The van der Waals surface area contributed by atoms with Crippen LogP contribution in [0.4, 0.5) is 0 Å². The second-order valence-electron chi connectivity index (χ2n) is 7.73. The molecular formula is C25H31N2O4+. The highest BCUT2D eigenvalue weighted by atomic mass is 16.5. The Labute approximate surface area is 184 Å². The fraction of sp³-hybridized carbons (Fsp3) is 0.320. The molecular weight excluding hydrogens is 392 g/mol. The summed E-state index contributed by atoms with van der Waals surface area (Å²) in [5, 5.41) is 0. The van der Waals surface area contributed by atoms with Crippen LogP contribution in [0.25, 0.3) is 0 Å². The number of carbonyl (C=O) groups excluding carboxylic acids is 1. The minimum atomic E-state index is -0.118. The normalized spacial score (nSPS) is 11.7. The number of hydrogen-bond donors (Lipinski definition) is 1. The van der Waals surface area contributed by atoms with E-state index < -0.39 is 0 Å². The van der Waals surface area contributed by atoms with E-state index in [1.165, 1.54) is 10.5 Å². The smallest absolute Gasteiger partial charge is 0.289 e. The fourth-order valence-corrected chi connectivity index (χ4v) is 3.51. The van der Waals surface area contributed by atoms with Gasteiger partial charge in [0.25, 0.3) is 5.91 Å². The molecule has 1 amide bonds. The van der Waals surface area contributed by atoms with Gasteiger partial charge >= 0.3 is 0 Å². The summed E-state index contributed by atoms with van der Waals surface area (Å²) < 4.78 is 16.5. The Morgan fingerprint density at radius 1 is 0.935 bits per heavy atom. The number of furan rings is 1. The molecule has 1 N–H and O–H groups in total. The van der Waals surface area contributed by atoms with Gasteiger partial charge < -0.3 is 23.7 Å². The molecule has 31 heavy (non-hydrogen) atoms. The van der Waals surface area contributed by atoms with Crippen LogP contribution >= 0.6 is 0 Å². The van der Waals surface area contributed by atoms with E-state index >= 15 is 0 Å². The van der Waals surface area contributed by atoms with Crippen molar-refractivity contribution >= 4 is 5.91 Å². The molecule has 3 aromatic rings. The van der Waals surface area contributed by atoms with Crippen LogP contribution < -0.4 is 14.4 Å². The summed E-state index contributed by atoms with van der Waals surface area (Å²) in [7, 11) is 7.14. The van der Waals surface area contributed by atoms with E-state index in [-0.39, 0.29) is 5.91 Å². The summed E-state index contributed by atoms with van der Waals surface area (Å²) in [6.45, 7) is 2.19. The molecule has 0 aliphatic rings. The number of likely N-dealkylation sites (N-methyl/N-ethyl adjacent to an activating group) is 1. The van der Waals surface area contributed by atoms with Gasteiger partial charge in [-0.15, -0.1) is 0 Å². The molecule has 0 aliphatic carbocycles. The maximum atomic E-state index is 12.8. The third kappa shape index (κ3) is 6.12. The number of ether oxygens (including phenoxy) is 2. The molecule has 0 spiro atoms. The van der Waals surface area contributed by atoms with Crippen molar-refractivity contribution in [3.05, 3.63) is 83.3 Å². The molecule has 3 rings (SSSR count). The monoisotopic (exact) mass is 423 g/mol. The average molecular weight is 424 g/mol. The largest absolute Gasteiger partial charge is 0.493 e. The summed E-state index contributed by atoms with van der Waals surface area (Å²) in [4.78, 5) is 15.7. The molecule has 6 heteroatoms. The highest BCUT2D eigenvalue weighted by molar-refractivity contribution is 5.91. The highest BCUT2D eigenvalue weighted by Gasteiger charge is 2.18. The third-order valence-corrected chi connectivity index (χ3v) is 5.23. The quantitative estimate of drug-likeness (QED) is 0.545. The SMILES string of the molecule is COc1ccc(CCN(C)C(=O)c2ccc(C[NH+](C)Cc3ccccc3)o2)cc1OC. The standard InChI is InChI=1S/C25H30N2O4/c1-26(17-20-8-6-5-7-9-20)18-21-11-13-23(31-21)25(28)27(2)15-14-19-10-12-22(29-3)24(16-19)30-4/h5-13,16H,14-15,17-18H2,1-4H3/p+1. The van der Waals surface area contributed by atoms with Crippen LogP contribution in [-0.2, 0) is 19.5 Å². The summed E-state index contributed by atoms with van der Waals surface area (Å²) in [5.41, 5.74) is 2.35. The van der Waals surface area contributed by atoms with Gasteiger partial charge in [-0.25, -0.2) is 0 Å². The van der Waals surface area contributed by atoms with E-state index in [4.69, 9.17) is 13.9 Å². The van der Waals surface area contributed by atoms with Crippen LogP contribution in [0.2, 0.25) is 0 Å². The average Bonchev–Trinajstić information content (AvgIpc) is 3.25. The highest BCUT2D eigenvalue weighted by Crippen LogP contribution is 2.27. The molecule has 164 valence electrons. The van der Waals surface area contributed by atoms with E-state index in [1.54, 1.807) is 32.2 Å². The van der Waals surface area contributed by atoms with E-state index in [9.17, 15) is 4.79 Å². The number of rotatable bonds is 10. The molecule has 1 atom stereocenters. The second kappa shape index (κ2) is 10.7. The van der Waals surface area contributed by atoms with Crippen LogP contribution in [0.15, 0.2) is 65.1 Å². The summed E-state index contributed by atoms with van der Waals surface area (Å²) in [5.74, 6) is 2.44. The van der Waals surface area contributed by atoms with E-state index in [1.807, 2.05) is 42.5 Å². The molecule has 0 bridgehead atoms. The Morgan fingerprint density at radius 3 is 2.39 bits per heavy atom. The number of nitrogens with one attached hydrogen (secondary N) is 1. The number of amides is 1. The summed E-state index contributed by atoms with van der Waals surface area (Å²) in [6, 6.07) is 19.8. The Bertz CT molecular complexity index is 984. The molecule has 0 saturated carbocycles. The van der Waals surface area contributed by atoms with Gasteiger partial charge in [0.15, 0.2) is 23.0 Å². The summed E-state index contributed by atoms with van der Waals surface area (Å²) >= 11 is 0. The Morgan fingerprint density at radius 2 is 1.68 bits per heavy atom. The van der Waals surface area contributed by atoms with Crippen molar-refractivity contribution in [3.63, 3.8) is 0 Å². The molecule has 0 radical (unpaired) electrons. The molecule has 2 aromatic carbocycles. The molecule has 1 unspecified atom stereocenters. The van der Waals surface area contributed by atoms with Gasteiger partial charge in [-0.1, -0.05) is 36.4 Å². The van der Waals surface area contributed by atoms with Crippen molar-refractivity contribution in [2.24, 2.45) is 0 Å². The summed E-state index contributed by atoms with van der Waals surface area (Å²) in [6.07, 6.45) is 0.708. The van der Waals surface area contributed by atoms with Gasteiger partial charge in [-0.2, -0.15) is 0 Å². The van der Waals surface area contributed by atoms with Crippen LogP contribution in [0, 0.1) is 0 Å². The van der Waals surface area contributed by atoms with Gasteiger partial charge in [0.05, 0.1) is 21.3 Å². The first kappa shape index (κ1) is 22.4. The lowest BCUT2D eigenvalue weighted by Crippen LogP contribution is -3.06. The van der Waals surface area contributed by atoms with E-state index in [2.05, 4.69) is 19.2 Å². The lowest BCUT2D eigenvalue weighted by molar-refractivity contribution is -0.908. The van der Waals surface area contributed by atoms with Crippen molar-refractivity contribution < 1.29 is 23.6 Å².